The summed E-state index contributed by atoms with van der Waals surface area (Å²) in [5.74, 6) is 1.69. The quantitative estimate of drug-likeness (QED) is 0.810. The third-order valence-electron chi connectivity index (χ3n) is 3.39. The summed E-state index contributed by atoms with van der Waals surface area (Å²) in [5, 5.41) is 12.7. The second-order valence-electron chi connectivity index (χ2n) is 4.32. The van der Waals surface area contributed by atoms with Crippen molar-refractivity contribution in [2.75, 3.05) is 26.8 Å². The molecular formula is C13H19NO2. The van der Waals surface area contributed by atoms with Crippen molar-refractivity contribution in [1.29, 1.82) is 0 Å². The van der Waals surface area contributed by atoms with Crippen LogP contribution in [-0.2, 0) is 0 Å². The van der Waals surface area contributed by atoms with Gasteiger partial charge in [-0.25, -0.2) is 0 Å². The van der Waals surface area contributed by atoms with Crippen LogP contribution in [0.2, 0.25) is 0 Å². The maximum atomic E-state index is 9.36. The Hall–Kier alpha value is -1.06. The molecule has 1 heterocycles. The fourth-order valence-electron chi connectivity index (χ4n) is 2.40. The number of benzene rings is 1. The molecule has 0 radical (unpaired) electrons. The van der Waals surface area contributed by atoms with Crippen LogP contribution in [0.25, 0.3) is 0 Å². The monoisotopic (exact) mass is 221 g/mol. The highest BCUT2D eigenvalue weighted by Crippen LogP contribution is 2.30. The van der Waals surface area contributed by atoms with Crippen molar-refractivity contribution in [3.63, 3.8) is 0 Å². The van der Waals surface area contributed by atoms with Crippen LogP contribution in [0.3, 0.4) is 0 Å². The van der Waals surface area contributed by atoms with Crippen LogP contribution >= 0.6 is 0 Å². The molecule has 3 heteroatoms. The van der Waals surface area contributed by atoms with Gasteiger partial charge in [-0.3, -0.25) is 0 Å². The molecule has 0 bridgehead atoms. The molecule has 0 saturated carbocycles. The van der Waals surface area contributed by atoms with Gasteiger partial charge in [-0.2, -0.15) is 0 Å². The van der Waals surface area contributed by atoms with E-state index in [1.54, 1.807) is 7.11 Å². The van der Waals surface area contributed by atoms with E-state index >= 15 is 0 Å². The van der Waals surface area contributed by atoms with E-state index < -0.39 is 0 Å². The van der Waals surface area contributed by atoms with Gasteiger partial charge >= 0.3 is 0 Å². The van der Waals surface area contributed by atoms with E-state index in [9.17, 15) is 5.11 Å². The van der Waals surface area contributed by atoms with Gasteiger partial charge in [0.2, 0.25) is 0 Å². The van der Waals surface area contributed by atoms with E-state index in [4.69, 9.17) is 4.74 Å². The summed E-state index contributed by atoms with van der Waals surface area (Å²) in [7, 11) is 1.68. The molecule has 0 aliphatic carbocycles. The van der Waals surface area contributed by atoms with Crippen molar-refractivity contribution >= 4 is 0 Å². The lowest BCUT2D eigenvalue weighted by atomic mass is 9.81. The van der Waals surface area contributed by atoms with E-state index in [2.05, 4.69) is 17.4 Å². The topological polar surface area (TPSA) is 41.5 Å². The zero-order chi connectivity index (χ0) is 11.4. The number of hydrogen-bond donors (Lipinski definition) is 2. The van der Waals surface area contributed by atoms with Gasteiger partial charge in [-0.05, 0) is 36.6 Å². The van der Waals surface area contributed by atoms with Gasteiger partial charge < -0.3 is 15.2 Å². The molecule has 0 spiro atoms. The van der Waals surface area contributed by atoms with Crippen molar-refractivity contribution in [1.82, 2.24) is 5.32 Å². The lowest BCUT2D eigenvalue weighted by Gasteiger charge is -2.31. The smallest absolute Gasteiger partial charge is 0.118 e. The summed E-state index contributed by atoms with van der Waals surface area (Å²) in [4.78, 5) is 0. The van der Waals surface area contributed by atoms with Gasteiger partial charge in [0.1, 0.15) is 5.75 Å². The normalized spacial score (nSPS) is 25.4. The Balaban J connectivity index is 2.14. The Bertz CT molecular complexity index is 323. The third kappa shape index (κ3) is 2.36. The van der Waals surface area contributed by atoms with Crippen molar-refractivity contribution < 1.29 is 9.84 Å². The first-order chi connectivity index (χ1) is 7.85. The summed E-state index contributed by atoms with van der Waals surface area (Å²) in [6, 6.07) is 8.20. The summed E-state index contributed by atoms with van der Waals surface area (Å²) in [6.45, 7) is 2.20. The fraction of sp³-hybridized carbons (Fsp3) is 0.538. The third-order valence-corrected chi connectivity index (χ3v) is 3.39. The largest absolute Gasteiger partial charge is 0.497 e. The summed E-state index contributed by atoms with van der Waals surface area (Å²) >= 11 is 0. The summed E-state index contributed by atoms with van der Waals surface area (Å²) in [6.07, 6.45) is 1.09. The molecule has 1 aromatic rings. The minimum absolute atomic E-state index is 0.254. The molecule has 1 fully saturated rings. The van der Waals surface area contributed by atoms with Crippen LogP contribution in [0.5, 0.6) is 5.75 Å². The second kappa shape index (κ2) is 5.32. The Morgan fingerprint density at radius 2 is 2.12 bits per heavy atom. The number of aliphatic hydroxyl groups excluding tert-OH is 1. The number of hydrogen-bond acceptors (Lipinski definition) is 3. The van der Waals surface area contributed by atoms with Crippen LogP contribution in [0, 0.1) is 5.92 Å². The van der Waals surface area contributed by atoms with Crippen LogP contribution in [0.1, 0.15) is 17.9 Å². The minimum Gasteiger partial charge on any atom is -0.497 e. The Labute approximate surface area is 96.4 Å². The number of nitrogens with one attached hydrogen (secondary N) is 1. The molecule has 2 rings (SSSR count). The first kappa shape index (κ1) is 11.4. The molecule has 1 aromatic carbocycles. The van der Waals surface area contributed by atoms with Gasteiger partial charge in [0.15, 0.2) is 0 Å². The van der Waals surface area contributed by atoms with E-state index in [-0.39, 0.29) is 6.61 Å². The molecule has 1 aliphatic rings. The minimum atomic E-state index is 0.254. The highest BCUT2D eigenvalue weighted by Gasteiger charge is 2.25. The van der Waals surface area contributed by atoms with Gasteiger partial charge in [0, 0.05) is 19.1 Å². The number of rotatable bonds is 3. The highest BCUT2D eigenvalue weighted by atomic mass is 16.5. The average Bonchev–Trinajstić information content (AvgIpc) is 2.39. The molecule has 0 aromatic heterocycles. The molecule has 2 N–H and O–H groups in total. The zero-order valence-electron chi connectivity index (χ0n) is 9.65. The van der Waals surface area contributed by atoms with E-state index in [1.165, 1.54) is 5.56 Å². The Morgan fingerprint density at radius 3 is 2.75 bits per heavy atom. The first-order valence-electron chi connectivity index (χ1n) is 5.80. The number of piperidine rings is 1. The van der Waals surface area contributed by atoms with Crippen molar-refractivity contribution in [3.8, 4) is 5.75 Å². The molecule has 1 aliphatic heterocycles. The Kier molecular flexibility index (Phi) is 3.80. The number of methoxy groups -OCH3 is 1. The van der Waals surface area contributed by atoms with Gasteiger partial charge in [0.05, 0.1) is 7.11 Å². The van der Waals surface area contributed by atoms with Gasteiger partial charge in [0.25, 0.3) is 0 Å². The molecule has 88 valence electrons. The molecule has 3 nitrogen and oxygen atoms in total. The van der Waals surface area contributed by atoms with Gasteiger partial charge in [-0.15, -0.1) is 0 Å². The molecule has 2 unspecified atom stereocenters. The number of ether oxygens (including phenoxy) is 1. The standard InChI is InChI=1S/C13H19NO2/c1-16-12-4-2-10(3-5-12)13-6-7-14-8-11(13)9-15/h2-5,11,13-15H,6-9H2,1H3. The lowest BCUT2D eigenvalue weighted by molar-refractivity contribution is 0.179. The van der Waals surface area contributed by atoms with Crippen molar-refractivity contribution in [2.45, 2.75) is 12.3 Å². The van der Waals surface area contributed by atoms with E-state index in [0.29, 0.717) is 11.8 Å². The maximum absolute atomic E-state index is 9.36. The summed E-state index contributed by atoms with van der Waals surface area (Å²) < 4.78 is 5.15. The van der Waals surface area contributed by atoms with Crippen molar-refractivity contribution in [3.05, 3.63) is 29.8 Å². The van der Waals surface area contributed by atoms with Crippen LogP contribution in [-0.4, -0.2) is 31.9 Å². The van der Waals surface area contributed by atoms with E-state index in [1.807, 2.05) is 12.1 Å². The SMILES string of the molecule is COc1ccc(C2CCNCC2CO)cc1. The second-order valence-corrected chi connectivity index (χ2v) is 4.32. The van der Waals surface area contributed by atoms with E-state index in [0.717, 1.165) is 25.3 Å². The number of aliphatic hydroxyl groups is 1. The van der Waals surface area contributed by atoms with Crippen LogP contribution < -0.4 is 10.1 Å². The molecule has 16 heavy (non-hydrogen) atoms. The molecule has 2 atom stereocenters. The average molecular weight is 221 g/mol. The fourth-order valence-corrected chi connectivity index (χ4v) is 2.40. The molecule has 0 amide bonds. The molecule has 1 saturated heterocycles. The maximum Gasteiger partial charge on any atom is 0.118 e. The highest BCUT2D eigenvalue weighted by molar-refractivity contribution is 5.30. The van der Waals surface area contributed by atoms with Gasteiger partial charge in [-0.1, -0.05) is 12.1 Å². The van der Waals surface area contributed by atoms with Crippen LogP contribution in [0.15, 0.2) is 24.3 Å². The Morgan fingerprint density at radius 1 is 1.38 bits per heavy atom. The predicted octanol–water partition coefficient (Wildman–Crippen LogP) is 1.38. The van der Waals surface area contributed by atoms with Crippen LogP contribution in [0.4, 0.5) is 0 Å². The summed E-state index contributed by atoms with van der Waals surface area (Å²) in [5.41, 5.74) is 1.31. The molecular weight excluding hydrogens is 202 g/mol. The van der Waals surface area contributed by atoms with Crippen molar-refractivity contribution in [2.24, 2.45) is 5.92 Å². The predicted molar refractivity (Wildman–Crippen MR) is 63.8 cm³/mol. The first-order valence-corrected chi connectivity index (χ1v) is 5.80. The lowest BCUT2D eigenvalue weighted by Crippen LogP contribution is -2.37. The zero-order valence-corrected chi connectivity index (χ0v) is 9.65.